The minimum absolute atomic E-state index is 0.461. The molecule has 0 aliphatic carbocycles. The van der Waals surface area contributed by atoms with E-state index in [2.05, 4.69) is 19.2 Å². The summed E-state index contributed by atoms with van der Waals surface area (Å²) < 4.78 is 25.9. The molecule has 0 saturated heterocycles. The maximum absolute atomic E-state index is 13.3. The van der Waals surface area contributed by atoms with Crippen molar-refractivity contribution in [3.05, 3.63) is 35.4 Å². The van der Waals surface area contributed by atoms with Gasteiger partial charge in [0.1, 0.15) is 11.6 Å². The second-order valence-corrected chi connectivity index (χ2v) is 4.05. The zero-order chi connectivity index (χ0) is 12.0. The molecule has 0 atom stereocenters. The maximum atomic E-state index is 13.3. The smallest absolute Gasteiger partial charge is 0.130 e. The van der Waals surface area contributed by atoms with Crippen molar-refractivity contribution < 1.29 is 8.78 Å². The van der Waals surface area contributed by atoms with Crippen molar-refractivity contribution in [2.24, 2.45) is 5.92 Å². The van der Waals surface area contributed by atoms with Crippen LogP contribution in [0.1, 0.15) is 32.3 Å². The fraction of sp³-hybridized carbons (Fsp3) is 0.538. The number of rotatable bonds is 6. The van der Waals surface area contributed by atoms with E-state index in [4.69, 9.17) is 0 Å². The Morgan fingerprint density at radius 1 is 1.19 bits per heavy atom. The summed E-state index contributed by atoms with van der Waals surface area (Å²) in [5.74, 6) is -0.373. The number of benzene rings is 1. The highest BCUT2D eigenvalue weighted by Gasteiger charge is 2.05. The summed E-state index contributed by atoms with van der Waals surface area (Å²) in [7, 11) is 0. The SMILES string of the molecule is CCC(CC)CNCc1ccc(F)cc1F. The first kappa shape index (κ1) is 13.1. The average Bonchev–Trinajstić information content (AvgIpc) is 2.27. The molecule has 1 nitrogen and oxygen atoms in total. The molecule has 0 radical (unpaired) electrons. The largest absolute Gasteiger partial charge is 0.312 e. The zero-order valence-corrected chi connectivity index (χ0v) is 9.89. The van der Waals surface area contributed by atoms with Gasteiger partial charge in [0.2, 0.25) is 0 Å². The van der Waals surface area contributed by atoms with Crippen molar-refractivity contribution in [3.63, 3.8) is 0 Å². The second kappa shape index (κ2) is 6.59. The normalized spacial score (nSPS) is 11.1. The minimum Gasteiger partial charge on any atom is -0.312 e. The number of nitrogens with one attached hydrogen (secondary N) is 1. The summed E-state index contributed by atoms with van der Waals surface area (Å²) >= 11 is 0. The van der Waals surface area contributed by atoms with Gasteiger partial charge in [0.05, 0.1) is 0 Å². The molecule has 0 heterocycles. The third-order valence-electron chi connectivity index (χ3n) is 2.92. The predicted octanol–water partition coefficient (Wildman–Crippen LogP) is 3.49. The molecule has 0 aliphatic heterocycles. The van der Waals surface area contributed by atoms with Gasteiger partial charge in [-0.25, -0.2) is 8.78 Å². The van der Waals surface area contributed by atoms with Crippen molar-refractivity contribution >= 4 is 0 Å². The van der Waals surface area contributed by atoms with E-state index >= 15 is 0 Å². The Morgan fingerprint density at radius 3 is 2.44 bits per heavy atom. The van der Waals surface area contributed by atoms with Crippen LogP contribution in [-0.2, 0) is 6.54 Å². The van der Waals surface area contributed by atoms with Gasteiger partial charge in [-0.15, -0.1) is 0 Å². The molecule has 0 spiro atoms. The van der Waals surface area contributed by atoms with E-state index in [0.29, 0.717) is 18.0 Å². The van der Waals surface area contributed by atoms with Crippen LogP contribution in [0.3, 0.4) is 0 Å². The standard InChI is InChI=1S/C13H19F2N/c1-3-10(4-2)8-16-9-11-5-6-12(14)7-13(11)15/h5-7,10,16H,3-4,8-9H2,1-2H3. The maximum Gasteiger partial charge on any atom is 0.130 e. The zero-order valence-electron chi connectivity index (χ0n) is 9.89. The van der Waals surface area contributed by atoms with Crippen molar-refractivity contribution in [2.45, 2.75) is 33.2 Å². The third kappa shape index (κ3) is 3.89. The van der Waals surface area contributed by atoms with Crippen LogP contribution >= 0.6 is 0 Å². The Kier molecular flexibility index (Phi) is 5.39. The number of hydrogen-bond acceptors (Lipinski definition) is 1. The molecule has 0 amide bonds. The van der Waals surface area contributed by atoms with Crippen molar-refractivity contribution in [1.82, 2.24) is 5.32 Å². The van der Waals surface area contributed by atoms with Gasteiger partial charge in [-0.3, -0.25) is 0 Å². The molecule has 0 unspecified atom stereocenters. The van der Waals surface area contributed by atoms with E-state index in [1.165, 1.54) is 12.1 Å². The van der Waals surface area contributed by atoms with E-state index in [-0.39, 0.29) is 0 Å². The van der Waals surface area contributed by atoms with Gasteiger partial charge < -0.3 is 5.32 Å². The highest BCUT2D eigenvalue weighted by atomic mass is 19.1. The highest BCUT2D eigenvalue weighted by Crippen LogP contribution is 2.10. The third-order valence-corrected chi connectivity index (χ3v) is 2.92. The summed E-state index contributed by atoms with van der Waals surface area (Å²) in [6, 6.07) is 3.70. The molecule has 3 heteroatoms. The molecular formula is C13H19F2N. The molecule has 1 aromatic rings. The molecule has 0 saturated carbocycles. The molecule has 1 rings (SSSR count). The second-order valence-electron chi connectivity index (χ2n) is 4.05. The summed E-state index contributed by atoms with van der Waals surface area (Å²) in [4.78, 5) is 0. The summed E-state index contributed by atoms with van der Waals surface area (Å²) in [5, 5.41) is 3.20. The van der Waals surface area contributed by atoms with Gasteiger partial charge in [-0.1, -0.05) is 32.8 Å². The molecule has 90 valence electrons. The summed E-state index contributed by atoms with van der Waals surface area (Å²) in [5.41, 5.74) is 0.521. The van der Waals surface area contributed by atoms with E-state index in [1.54, 1.807) is 0 Å². The van der Waals surface area contributed by atoms with Gasteiger partial charge in [0.25, 0.3) is 0 Å². The van der Waals surface area contributed by atoms with Crippen LogP contribution in [0, 0.1) is 17.6 Å². The fourth-order valence-corrected chi connectivity index (χ4v) is 1.65. The lowest BCUT2D eigenvalue weighted by atomic mass is 10.0. The van der Waals surface area contributed by atoms with Gasteiger partial charge >= 0.3 is 0 Å². The van der Waals surface area contributed by atoms with E-state index in [0.717, 1.165) is 25.5 Å². The van der Waals surface area contributed by atoms with Crippen molar-refractivity contribution in [3.8, 4) is 0 Å². The van der Waals surface area contributed by atoms with Crippen LogP contribution in [0.5, 0.6) is 0 Å². The van der Waals surface area contributed by atoms with Crippen LogP contribution in [0.4, 0.5) is 8.78 Å². The Labute approximate surface area is 95.9 Å². The fourth-order valence-electron chi connectivity index (χ4n) is 1.65. The Hall–Kier alpha value is -0.960. The van der Waals surface area contributed by atoms with Gasteiger partial charge in [-0.05, 0) is 18.5 Å². The molecule has 1 aromatic carbocycles. The molecule has 1 N–H and O–H groups in total. The Morgan fingerprint density at radius 2 is 1.88 bits per heavy atom. The van der Waals surface area contributed by atoms with Crippen LogP contribution in [0.15, 0.2) is 18.2 Å². The first-order valence-corrected chi connectivity index (χ1v) is 5.82. The molecule has 0 aliphatic rings. The topological polar surface area (TPSA) is 12.0 Å². The van der Waals surface area contributed by atoms with Gasteiger partial charge in [0.15, 0.2) is 0 Å². The van der Waals surface area contributed by atoms with E-state index in [1.807, 2.05) is 0 Å². The summed E-state index contributed by atoms with van der Waals surface area (Å²) in [6.45, 7) is 5.63. The van der Waals surface area contributed by atoms with Crippen LogP contribution in [0.2, 0.25) is 0 Å². The van der Waals surface area contributed by atoms with Crippen LogP contribution in [-0.4, -0.2) is 6.54 Å². The summed E-state index contributed by atoms with van der Waals surface area (Å²) in [6.07, 6.45) is 2.24. The van der Waals surface area contributed by atoms with Crippen LogP contribution < -0.4 is 5.32 Å². The monoisotopic (exact) mass is 227 g/mol. The van der Waals surface area contributed by atoms with Gasteiger partial charge in [0, 0.05) is 18.2 Å². The predicted molar refractivity (Wildman–Crippen MR) is 62.1 cm³/mol. The van der Waals surface area contributed by atoms with E-state index < -0.39 is 11.6 Å². The lowest BCUT2D eigenvalue weighted by Crippen LogP contribution is -2.22. The Bertz CT molecular complexity index is 322. The van der Waals surface area contributed by atoms with Gasteiger partial charge in [-0.2, -0.15) is 0 Å². The first-order valence-electron chi connectivity index (χ1n) is 5.82. The number of halogens is 2. The van der Waals surface area contributed by atoms with Crippen molar-refractivity contribution in [2.75, 3.05) is 6.54 Å². The van der Waals surface area contributed by atoms with Crippen LogP contribution in [0.25, 0.3) is 0 Å². The molecule has 0 bridgehead atoms. The average molecular weight is 227 g/mol. The molecule has 0 fully saturated rings. The molecule has 16 heavy (non-hydrogen) atoms. The van der Waals surface area contributed by atoms with Crippen molar-refractivity contribution in [1.29, 1.82) is 0 Å². The molecular weight excluding hydrogens is 208 g/mol. The quantitative estimate of drug-likeness (QED) is 0.784. The lowest BCUT2D eigenvalue weighted by molar-refractivity contribution is 0.445. The lowest BCUT2D eigenvalue weighted by Gasteiger charge is -2.13. The Balaban J connectivity index is 2.42. The molecule has 0 aromatic heterocycles. The van der Waals surface area contributed by atoms with E-state index in [9.17, 15) is 8.78 Å². The first-order chi connectivity index (χ1) is 7.67. The highest BCUT2D eigenvalue weighted by molar-refractivity contribution is 5.18. The number of hydrogen-bond donors (Lipinski definition) is 1. The minimum atomic E-state index is -0.527.